The second-order valence-corrected chi connectivity index (χ2v) is 10.3. The predicted molar refractivity (Wildman–Crippen MR) is 128 cm³/mol. The van der Waals surface area contributed by atoms with Gasteiger partial charge in [-0.05, 0) is 56.2 Å². The number of nitrogens with zero attached hydrogens (tertiary/aromatic N) is 3. The van der Waals surface area contributed by atoms with Crippen LogP contribution in [-0.4, -0.2) is 45.8 Å². The molecule has 0 radical (unpaired) electrons. The topological polar surface area (TPSA) is 45.6 Å². The summed E-state index contributed by atoms with van der Waals surface area (Å²) in [6.07, 6.45) is 8.64. The molecule has 3 heterocycles. The number of piperidine rings is 1. The molecule has 5 rings (SSSR count). The summed E-state index contributed by atoms with van der Waals surface area (Å²) in [6.45, 7) is 8.70. The minimum Gasteiger partial charge on any atom is -0.344 e. The maximum Gasteiger partial charge on any atom is 0.253 e. The van der Waals surface area contributed by atoms with Crippen molar-refractivity contribution in [3.8, 4) is 0 Å². The quantitative estimate of drug-likeness (QED) is 0.679. The van der Waals surface area contributed by atoms with Crippen molar-refractivity contribution >= 4 is 22.7 Å². The van der Waals surface area contributed by atoms with Crippen molar-refractivity contribution in [2.75, 3.05) is 19.6 Å². The second-order valence-electron chi connectivity index (χ2n) is 10.3. The van der Waals surface area contributed by atoms with Crippen LogP contribution in [0.5, 0.6) is 0 Å². The number of fused-ring (bicyclic) bond motifs is 3. The van der Waals surface area contributed by atoms with Crippen LogP contribution in [0.15, 0.2) is 18.2 Å². The van der Waals surface area contributed by atoms with Crippen LogP contribution in [0.4, 0.5) is 0 Å². The molecular weight excluding hydrogens is 398 g/mol. The zero-order chi connectivity index (χ0) is 22.2. The highest BCUT2D eigenvalue weighted by Crippen LogP contribution is 2.34. The summed E-state index contributed by atoms with van der Waals surface area (Å²) in [5.41, 5.74) is 4.65. The summed E-state index contributed by atoms with van der Waals surface area (Å²) in [5.74, 6) is 1.43. The van der Waals surface area contributed by atoms with Crippen LogP contribution in [-0.2, 0) is 24.3 Å². The number of aryl methyl sites for hydroxylation is 1. The van der Waals surface area contributed by atoms with Crippen molar-refractivity contribution in [1.29, 1.82) is 0 Å². The Labute approximate surface area is 191 Å². The molecule has 1 aromatic carbocycles. The summed E-state index contributed by atoms with van der Waals surface area (Å²) in [7, 11) is 0. The second kappa shape index (κ2) is 8.92. The Kier molecular flexibility index (Phi) is 6.00. The molecule has 5 nitrogen and oxygen atoms in total. The van der Waals surface area contributed by atoms with E-state index in [0.29, 0.717) is 18.4 Å². The van der Waals surface area contributed by atoms with Crippen LogP contribution in [0, 0.1) is 11.8 Å². The molecule has 0 unspecified atom stereocenters. The number of hydrogen-bond acceptors (Lipinski definition) is 2. The fraction of sp³-hybridized carbons (Fsp3) is 0.630. The smallest absolute Gasteiger partial charge is 0.253 e. The number of aromatic nitrogens is 1. The monoisotopic (exact) mass is 435 g/mol. The molecular formula is C27H37N3O2. The summed E-state index contributed by atoms with van der Waals surface area (Å²) in [5, 5.41) is 1.17. The van der Waals surface area contributed by atoms with Crippen LogP contribution in [0.1, 0.15) is 80.4 Å². The van der Waals surface area contributed by atoms with Gasteiger partial charge in [0.25, 0.3) is 5.91 Å². The molecule has 2 fully saturated rings. The van der Waals surface area contributed by atoms with E-state index in [1.165, 1.54) is 35.0 Å². The molecule has 32 heavy (non-hydrogen) atoms. The van der Waals surface area contributed by atoms with Gasteiger partial charge in [0, 0.05) is 72.8 Å². The lowest BCUT2D eigenvalue weighted by molar-refractivity contribution is -0.136. The lowest BCUT2D eigenvalue weighted by atomic mass is 9.98. The number of amides is 2. The summed E-state index contributed by atoms with van der Waals surface area (Å²) >= 11 is 0. The standard InChI is InChI=1S/C27H37N3O2/c1-3-13-30-24-9-8-21(27(32)28-14-10-19(2)11-15-28)17-22(24)23-18-29(16-12-25(23)30)26(31)20-6-4-5-7-20/h8-9,17,19-20H,3-7,10-16,18H2,1-2H3. The van der Waals surface area contributed by atoms with Crippen LogP contribution in [0.3, 0.4) is 0 Å². The van der Waals surface area contributed by atoms with Gasteiger partial charge in [-0.1, -0.05) is 26.7 Å². The first-order valence-electron chi connectivity index (χ1n) is 12.8. The van der Waals surface area contributed by atoms with E-state index >= 15 is 0 Å². The van der Waals surface area contributed by atoms with Gasteiger partial charge >= 0.3 is 0 Å². The van der Waals surface area contributed by atoms with E-state index in [1.807, 2.05) is 11.0 Å². The van der Waals surface area contributed by atoms with Gasteiger partial charge in [0.2, 0.25) is 5.91 Å². The Balaban J connectivity index is 1.47. The van der Waals surface area contributed by atoms with Gasteiger partial charge in [0.15, 0.2) is 0 Å². The summed E-state index contributed by atoms with van der Waals surface area (Å²) in [6, 6.07) is 6.28. The van der Waals surface area contributed by atoms with E-state index in [2.05, 4.69) is 35.4 Å². The maximum absolute atomic E-state index is 13.3. The third-order valence-electron chi connectivity index (χ3n) is 8.04. The Bertz CT molecular complexity index is 1010. The van der Waals surface area contributed by atoms with Crippen LogP contribution >= 0.6 is 0 Å². The summed E-state index contributed by atoms with van der Waals surface area (Å²) < 4.78 is 2.44. The number of hydrogen-bond donors (Lipinski definition) is 0. The molecule has 1 aromatic heterocycles. The van der Waals surface area contributed by atoms with E-state index in [0.717, 1.165) is 70.3 Å². The minimum absolute atomic E-state index is 0.158. The zero-order valence-corrected chi connectivity index (χ0v) is 19.7. The number of rotatable bonds is 4. The number of benzene rings is 1. The van der Waals surface area contributed by atoms with E-state index in [-0.39, 0.29) is 11.8 Å². The zero-order valence-electron chi connectivity index (χ0n) is 19.7. The van der Waals surface area contributed by atoms with Crippen LogP contribution in [0.25, 0.3) is 10.9 Å². The molecule has 3 aliphatic rings. The highest BCUT2D eigenvalue weighted by Gasteiger charge is 2.32. The van der Waals surface area contributed by atoms with E-state index in [4.69, 9.17) is 0 Å². The minimum atomic E-state index is 0.158. The maximum atomic E-state index is 13.3. The molecule has 0 bridgehead atoms. The normalized spacial score (nSPS) is 20.2. The molecule has 172 valence electrons. The SMILES string of the molecule is CCCn1c2c(c3cc(C(=O)N4CCC(C)CC4)ccc31)CN(C(=O)C1CCCC1)CC2. The van der Waals surface area contributed by atoms with Crippen LogP contribution in [0.2, 0.25) is 0 Å². The van der Waals surface area contributed by atoms with Crippen molar-refractivity contribution in [3.05, 3.63) is 35.0 Å². The fourth-order valence-electron chi connectivity index (χ4n) is 6.08. The molecule has 2 amide bonds. The van der Waals surface area contributed by atoms with Gasteiger partial charge in [-0.25, -0.2) is 0 Å². The van der Waals surface area contributed by atoms with Crippen molar-refractivity contribution in [1.82, 2.24) is 14.4 Å². The number of carbonyl (C=O) groups excluding carboxylic acids is 2. The number of carbonyl (C=O) groups is 2. The van der Waals surface area contributed by atoms with E-state index in [1.54, 1.807) is 0 Å². The molecule has 1 saturated carbocycles. The Morgan fingerprint density at radius 3 is 2.47 bits per heavy atom. The lowest BCUT2D eigenvalue weighted by Crippen LogP contribution is -2.39. The average molecular weight is 436 g/mol. The molecule has 0 atom stereocenters. The molecule has 1 saturated heterocycles. The van der Waals surface area contributed by atoms with E-state index < -0.39 is 0 Å². The first-order valence-corrected chi connectivity index (χ1v) is 12.8. The Morgan fingerprint density at radius 2 is 1.75 bits per heavy atom. The highest BCUT2D eigenvalue weighted by molar-refractivity contribution is 5.99. The number of likely N-dealkylation sites (tertiary alicyclic amines) is 1. The molecule has 0 N–H and O–H groups in total. The first kappa shape index (κ1) is 21.5. The highest BCUT2D eigenvalue weighted by atomic mass is 16.2. The third kappa shape index (κ3) is 3.84. The fourth-order valence-corrected chi connectivity index (χ4v) is 6.08. The van der Waals surface area contributed by atoms with Gasteiger partial charge in [-0.2, -0.15) is 0 Å². The molecule has 2 aromatic rings. The Hall–Kier alpha value is -2.30. The Morgan fingerprint density at radius 1 is 1.00 bits per heavy atom. The van der Waals surface area contributed by atoms with Crippen molar-refractivity contribution < 1.29 is 9.59 Å². The van der Waals surface area contributed by atoms with Crippen molar-refractivity contribution in [2.45, 2.75) is 78.3 Å². The van der Waals surface area contributed by atoms with Crippen LogP contribution < -0.4 is 0 Å². The summed E-state index contributed by atoms with van der Waals surface area (Å²) in [4.78, 5) is 30.5. The van der Waals surface area contributed by atoms with E-state index in [9.17, 15) is 9.59 Å². The first-order chi connectivity index (χ1) is 15.6. The van der Waals surface area contributed by atoms with Gasteiger partial charge in [0.1, 0.15) is 0 Å². The third-order valence-corrected chi connectivity index (χ3v) is 8.04. The average Bonchev–Trinajstić information content (AvgIpc) is 3.46. The van der Waals surface area contributed by atoms with Gasteiger partial charge in [0.05, 0.1) is 0 Å². The molecule has 2 aliphatic heterocycles. The molecule has 1 aliphatic carbocycles. The van der Waals surface area contributed by atoms with Gasteiger partial charge in [-0.15, -0.1) is 0 Å². The predicted octanol–water partition coefficient (Wildman–Crippen LogP) is 5.00. The largest absolute Gasteiger partial charge is 0.344 e. The lowest BCUT2D eigenvalue weighted by Gasteiger charge is -2.31. The van der Waals surface area contributed by atoms with Gasteiger partial charge < -0.3 is 14.4 Å². The van der Waals surface area contributed by atoms with Crippen molar-refractivity contribution in [3.63, 3.8) is 0 Å². The molecule has 5 heteroatoms. The van der Waals surface area contributed by atoms with Gasteiger partial charge in [-0.3, -0.25) is 9.59 Å². The molecule has 0 spiro atoms. The van der Waals surface area contributed by atoms with Crippen molar-refractivity contribution in [2.24, 2.45) is 11.8 Å².